The van der Waals surface area contributed by atoms with Crippen molar-refractivity contribution in [1.82, 2.24) is 10.2 Å². The van der Waals surface area contributed by atoms with Crippen LogP contribution in [0.1, 0.15) is 48.4 Å². The van der Waals surface area contributed by atoms with Gasteiger partial charge in [0.15, 0.2) is 0 Å². The number of benzene rings is 3. The molecule has 1 aliphatic heterocycles. The molecular weight excluding hydrogens is 392 g/mol. The number of nitrogens with one attached hydrogen (secondary N) is 1. The van der Waals surface area contributed by atoms with E-state index in [1.807, 2.05) is 60.7 Å². The standard InChI is InChI=1S/C25H18N2O4/c1-27-24(29)18-12-11-17(13-19(18)25(27)30)23(28)26-22(15-7-3-2-4-8-15)21-14-16-9-5-6-10-20(16)31-21/h2-14,22H,1H3,(H,26,28). The first-order valence-electron chi connectivity index (χ1n) is 9.83. The molecule has 0 bridgehead atoms. The van der Waals surface area contributed by atoms with Gasteiger partial charge in [0, 0.05) is 18.0 Å². The van der Waals surface area contributed by atoms with E-state index >= 15 is 0 Å². The first-order valence-corrected chi connectivity index (χ1v) is 9.83. The third kappa shape index (κ3) is 3.18. The van der Waals surface area contributed by atoms with E-state index in [0.717, 1.165) is 21.4 Å². The van der Waals surface area contributed by atoms with Gasteiger partial charge in [0.2, 0.25) is 0 Å². The minimum absolute atomic E-state index is 0.236. The van der Waals surface area contributed by atoms with Gasteiger partial charge in [-0.25, -0.2) is 0 Å². The second-order valence-electron chi connectivity index (χ2n) is 7.43. The molecule has 5 rings (SSSR count). The number of carbonyl (C=O) groups is 3. The van der Waals surface area contributed by atoms with Gasteiger partial charge >= 0.3 is 0 Å². The van der Waals surface area contributed by atoms with Gasteiger partial charge in [0.25, 0.3) is 17.7 Å². The van der Waals surface area contributed by atoms with Crippen molar-refractivity contribution < 1.29 is 18.8 Å². The molecule has 1 atom stereocenters. The first-order chi connectivity index (χ1) is 15.0. The van der Waals surface area contributed by atoms with Gasteiger partial charge in [-0.05, 0) is 35.9 Å². The molecule has 152 valence electrons. The normalized spacial score (nSPS) is 14.0. The van der Waals surface area contributed by atoms with E-state index in [1.165, 1.54) is 19.2 Å². The predicted octanol–water partition coefficient (Wildman–Crippen LogP) is 4.18. The van der Waals surface area contributed by atoms with E-state index in [0.29, 0.717) is 16.9 Å². The Morgan fingerprint density at radius 2 is 1.58 bits per heavy atom. The summed E-state index contributed by atoms with van der Waals surface area (Å²) in [4.78, 5) is 38.6. The molecule has 3 aromatic carbocycles. The van der Waals surface area contributed by atoms with Crippen molar-refractivity contribution in [2.24, 2.45) is 0 Å². The zero-order valence-electron chi connectivity index (χ0n) is 16.7. The Labute approximate surface area is 178 Å². The minimum atomic E-state index is -0.519. The van der Waals surface area contributed by atoms with Crippen LogP contribution in [-0.2, 0) is 0 Å². The molecule has 0 aliphatic carbocycles. The summed E-state index contributed by atoms with van der Waals surface area (Å²) < 4.78 is 6.02. The van der Waals surface area contributed by atoms with Crippen molar-refractivity contribution in [1.29, 1.82) is 0 Å². The third-order valence-corrected chi connectivity index (χ3v) is 5.49. The molecular formula is C25H18N2O4. The number of rotatable bonds is 4. The smallest absolute Gasteiger partial charge is 0.261 e. The number of carbonyl (C=O) groups excluding carboxylic acids is 3. The fraction of sp³-hybridized carbons (Fsp3) is 0.0800. The molecule has 4 aromatic rings. The zero-order valence-corrected chi connectivity index (χ0v) is 16.7. The summed E-state index contributed by atoms with van der Waals surface area (Å²) >= 11 is 0. The lowest BCUT2D eigenvalue weighted by Gasteiger charge is -2.17. The van der Waals surface area contributed by atoms with Crippen LogP contribution in [0.15, 0.2) is 83.3 Å². The SMILES string of the molecule is CN1C(=O)c2ccc(C(=O)NC(c3ccccc3)c3cc4ccccc4o3)cc2C1=O. The molecule has 1 unspecified atom stereocenters. The number of fused-ring (bicyclic) bond motifs is 2. The summed E-state index contributed by atoms with van der Waals surface area (Å²) in [6.45, 7) is 0. The van der Waals surface area contributed by atoms with E-state index in [2.05, 4.69) is 5.32 Å². The number of hydrogen-bond donors (Lipinski definition) is 1. The number of nitrogens with zero attached hydrogens (tertiary/aromatic N) is 1. The monoisotopic (exact) mass is 410 g/mol. The lowest BCUT2D eigenvalue weighted by molar-refractivity contribution is 0.0693. The van der Waals surface area contributed by atoms with Gasteiger partial charge in [-0.15, -0.1) is 0 Å². The van der Waals surface area contributed by atoms with Crippen LogP contribution >= 0.6 is 0 Å². The van der Waals surface area contributed by atoms with Gasteiger partial charge < -0.3 is 9.73 Å². The zero-order chi connectivity index (χ0) is 21.5. The number of hydrogen-bond acceptors (Lipinski definition) is 4. The molecule has 0 fully saturated rings. The second-order valence-corrected chi connectivity index (χ2v) is 7.43. The van der Waals surface area contributed by atoms with Gasteiger partial charge in [0.1, 0.15) is 17.4 Å². The van der Waals surface area contributed by atoms with Crippen LogP contribution in [-0.4, -0.2) is 29.7 Å². The van der Waals surface area contributed by atoms with Gasteiger partial charge in [-0.1, -0.05) is 48.5 Å². The molecule has 31 heavy (non-hydrogen) atoms. The molecule has 1 N–H and O–H groups in total. The van der Waals surface area contributed by atoms with E-state index in [1.54, 1.807) is 6.07 Å². The van der Waals surface area contributed by atoms with E-state index < -0.39 is 11.9 Å². The van der Waals surface area contributed by atoms with E-state index in [-0.39, 0.29) is 17.4 Å². The number of amides is 3. The fourth-order valence-corrected chi connectivity index (χ4v) is 3.83. The second kappa shape index (κ2) is 7.25. The van der Waals surface area contributed by atoms with Gasteiger partial charge in [-0.2, -0.15) is 0 Å². The summed E-state index contributed by atoms with van der Waals surface area (Å²) in [5.41, 5.74) is 2.44. The Balaban J connectivity index is 1.51. The van der Waals surface area contributed by atoms with E-state index in [4.69, 9.17) is 4.42 Å². The summed E-state index contributed by atoms with van der Waals surface area (Å²) in [6.07, 6.45) is 0. The van der Waals surface area contributed by atoms with E-state index in [9.17, 15) is 14.4 Å². The molecule has 0 saturated heterocycles. The van der Waals surface area contributed by atoms with Gasteiger partial charge in [-0.3, -0.25) is 19.3 Å². The fourth-order valence-electron chi connectivity index (χ4n) is 3.83. The van der Waals surface area contributed by atoms with Crippen LogP contribution in [0.2, 0.25) is 0 Å². The minimum Gasteiger partial charge on any atom is -0.459 e. The average molecular weight is 410 g/mol. The molecule has 0 radical (unpaired) electrons. The molecule has 0 saturated carbocycles. The molecule has 6 nitrogen and oxygen atoms in total. The summed E-state index contributed by atoms with van der Waals surface area (Å²) in [7, 11) is 1.43. The van der Waals surface area contributed by atoms with Crippen molar-refractivity contribution in [3.05, 3.63) is 107 Å². The summed E-state index contributed by atoms with van der Waals surface area (Å²) in [5, 5.41) is 3.95. The number of para-hydroxylation sites is 1. The lowest BCUT2D eigenvalue weighted by Crippen LogP contribution is -2.29. The summed E-state index contributed by atoms with van der Waals surface area (Å²) in [5.74, 6) is -0.539. The Morgan fingerprint density at radius 3 is 2.35 bits per heavy atom. The predicted molar refractivity (Wildman–Crippen MR) is 115 cm³/mol. The molecule has 1 aliphatic rings. The van der Waals surface area contributed by atoms with Crippen LogP contribution in [0.5, 0.6) is 0 Å². The molecule has 1 aromatic heterocycles. The largest absolute Gasteiger partial charge is 0.459 e. The molecule has 2 heterocycles. The maximum atomic E-state index is 13.1. The van der Waals surface area contributed by atoms with Crippen molar-refractivity contribution in [2.45, 2.75) is 6.04 Å². The van der Waals surface area contributed by atoms with Crippen molar-refractivity contribution in [3.63, 3.8) is 0 Å². The van der Waals surface area contributed by atoms with Crippen LogP contribution < -0.4 is 5.32 Å². The topological polar surface area (TPSA) is 79.6 Å². The van der Waals surface area contributed by atoms with Crippen LogP contribution in [0, 0.1) is 0 Å². The Morgan fingerprint density at radius 1 is 0.871 bits per heavy atom. The van der Waals surface area contributed by atoms with Gasteiger partial charge in [0.05, 0.1) is 11.1 Å². The van der Waals surface area contributed by atoms with Crippen LogP contribution in [0.4, 0.5) is 0 Å². The first kappa shape index (κ1) is 18.8. The molecule has 6 heteroatoms. The highest BCUT2D eigenvalue weighted by Crippen LogP contribution is 2.29. The highest BCUT2D eigenvalue weighted by atomic mass is 16.3. The Bertz CT molecular complexity index is 1310. The third-order valence-electron chi connectivity index (χ3n) is 5.49. The summed E-state index contributed by atoms with van der Waals surface area (Å²) in [6, 6.07) is 23.1. The number of imide groups is 1. The lowest BCUT2D eigenvalue weighted by atomic mass is 10.0. The quantitative estimate of drug-likeness (QED) is 0.512. The Hall–Kier alpha value is -4.19. The highest BCUT2D eigenvalue weighted by Gasteiger charge is 2.33. The van der Waals surface area contributed by atoms with Crippen molar-refractivity contribution in [3.8, 4) is 0 Å². The van der Waals surface area contributed by atoms with Crippen LogP contribution in [0.25, 0.3) is 11.0 Å². The van der Waals surface area contributed by atoms with Crippen molar-refractivity contribution >= 4 is 28.7 Å². The molecule has 3 amide bonds. The highest BCUT2D eigenvalue weighted by molar-refractivity contribution is 6.21. The maximum absolute atomic E-state index is 13.1. The number of furan rings is 1. The molecule has 0 spiro atoms. The Kier molecular flexibility index (Phi) is 4.40. The average Bonchev–Trinajstić information content (AvgIpc) is 3.33. The maximum Gasteiger partial charge on any atom is 0.261 e. The van der Waals surface area contributed by atoms with Crippen LogP contribution in [0.3, 0.4) is 0 Å². The van der Waals surface area contributed by atoms with Crippen molar-refractivity contribution in [2.75, 3.05) is 7.05 Å².